The summed E-state index contributed by atoms with van der Waals surface area (Å²) in [6, 6.07) is 2.99. The van der Waals surface area contributed by atoms with Gasteiger partial charge in [0.15, 0.2) is 0 Å². The van der Waals surface area contributed by atoms with Gasteiger partial charge in [-0.3, -0.25) is 4.79 Å². The number of carbonyl (C=O) groups is 2. The second-order valence-electron chi connectivity index (χ2n) is 7.02. The number of nitrogens with zero attached hydrogens (tertiary/aromatic N) is 2. The lowest BCUT2D eigenvalue weighted by Crippen LogP contribution is -2.43. The fraction of sp³-hybridized carbons (Fsp3) is 0.647. The van der Waals surface area contributed by atoms with Crippen molar-refractivity contribution in [2.24, 2.45) is 5.92 Å². The zero-order valence-electron chi connectivity index (χ0n) is 13.2. The van der Waals surface area contributed by atoms with Gasteiger partial charge in [0, 0.05) is 44.1 Å². The molecule has 3 amide bonds. The Balaban J connectivity index is 1.29. The summed E-state index contributed by atoms with van der Waals surface area (Å²) in [5, 5.41) is 7.22. The lowest BCUT2D eigenvalue weighted by Gasteiger charge is -2.23. The number of urea groups is 1. The van der Waals surface area contributed by atoms with E-state index in [-0.39, 0.29) is 17.9 Å². The van der Waals surface area contributed by atoms with Gasteiger partial charge >= 0.3 is 6.03 Å². The third-order valence-electron chi connectivity index (χ3n) is 4.95. The molecule has 1 aromatic rings. The predicted octanol–water partition coefficient (Wildman–Crippen LogP) is 2.43. The molecule has 4 rings (SSSR count). The van der Waals surface area contributed by atoms with Crippen molar-refractivity contribution in [1.82, 2.24) is 15.1 Å². The Bertz CT molecular complexity index is 581. The maximum atomic E-state index is 12.5. The van der Waals surface area contributed by atoms with Crippen LogP contribution in [0.1, 0.15) is 37.7 Å². The maximum Gasteiger partial charge on any atom is 0.317 e. The van der Waals surface area contributed by atoms with Crippen molar-refractivity contribution < 1.29 is 9.59 Å². The van der Waals surface area contributed by atoms with Crippen LogP contribution in [0.4, 0.5) is 4.79 Å². The van der Waals surface area contributed by atoms with Gasteiger partial charge in [-0.1, -0.05) is 0 Å². The number of carbonyl (C=O) groups excluding carboxylic acids is 2. The molecule has 1 aliphatic heterocycles. The first-order chi connectivity index (χ1) is 11.2. The van der Waals surface area contributed by atoms with Gasteiger partial charge in [0.05, 0.1) is 0 Å². The second kappa shape index (κ2) is 6.15. The van der Waals surface area contributed by atoms with Gasteiger partial charge in [-0.05, 0) is 48.1 Å². The van der Waals surface area contributed by atoms with Crippen LogP contribution in [0.25, 0.3) is 0 Å². The lowest BCUT2D eigenvalue weighted by atomic mass is 10.1. The minimum atomic E-state index is 0.0241. The molecule has 3 fully saturated rings. The average Bonchev–Trinajstić information content (AvgIpc) is 3.47. The molecule has 124 valence electrons. The fourth-order valence-electron chi connectivity index (χ4n) is 3.35. The lowest BCUT2D eigenvalue weighted by molar-refractivity contribution is -0.128. The number of likely N-dealkylation sites (tertiary alicyclic amines) is 1. The summed E-state index contributed by atoms with van der Waals surface area (Å²) in [6.07, 6.45) is 5.11. The molecule has 1 N–H and O–H groups in total. The Hall–Kier alpha value is -1.56. The molecule has 1 atom stereocenters. The van der Waals surface area contributed by atoms with E-state index >= 15 is 0 Å². The summed E-state index contributed by atoms with van der Waals surface area (Å²) in [7, 11) is 0. The predicted molar refractivity (Wildman–Crippen MR) is 89.1 cm³/mol. The largest absolute Gasteiger partial charge is 0.339 e. The minimum Gasteiger partial charge on any atom is -0.339 e. The zero-order valence-corrected chi connectivity index (χ0v) is 14.1. The molecular formula is C17H23N3O2S. The first-order valence-electron chi connectivity index (χ1n) is 8.55. The van der Waals surface area contributed by atoms with Crippen molar-refractivity contribution in [3.05, 3.63) is 22.4 Å². The van der Waals surface area contributed by atoms with E-state index in [1.54, 1.807) is 11.3 Å². The quantitative estimate of drug-likeness (QED) is 0.869. The summed E-state index contributed by atoms with van der Waals surface area (Å²) >= 11 is 1.67. The third kappa shape index (κ3) is 3.52. The Morgan fingerprint density at radius 1 is 1.35 bits per heavy atom. The van der Waals surface area contributed by atoms with Gasteiger partial charge in [0.2, 0.25) is 5.91 Å². The van der Waals surface area contributed by atoms with Crippen molar-refractivity contribution in [1.29, 1.82) is 0 Å². The van der Waals surface area contributed by atoms with Gasteiger partial charge in [0.25, 0.3) is 0 Å². The van der Waals surface area contributed by atoms with Crippen LogP contribution in [0.3, 0.4) is 0 Å². The highest BCUT2D eigenvalue weighted by atomic mass is 32.1. The third-order valence-corrected chi connectivity index (χ3v) is 5.68. The molecular weight excluding hydrogens is 310 g/mol. The molecule has 0 radical (unpaired) electrons. The van der Waals surface area contributed by atoms with E-state index in [1.807, 2.05) is 9.80 Å². The van der Waals surface area contributed by atoms with Gasteiger partial charge in [-0.25, -0.2) is 4.79 Å². The normalized spacial score (nSPS) is 24.1. The van der Waals surface area contributed by atoms with Gasteiger partial charge < -0.3 is 15.1 Å². The van der Waals surface area contributed by atoms with Crippen molar-refractivity contribution >= 4 is 23.3 Å². The number of nitrogens with one attached hydrogen (secondary N) is 1. The molecule has 5 nitrogen and oxygen atoms in total. The molecule has 6 heteroatoms. The molecule has 1 aromatic heterocycles. The summed E-state index contributed by atoms with van der Waals surface area (Å²) in [6.45, 7) is 2.12. The zero-order chi connectivity index (χ0) is 15.8. The van der Waals surface area contributed by atoms with Crippen molar-refractivity contribution in [2.45, 2.75) is 50.7 Å². The van der Waals surface area contributed by atoms with Crippen molar-refractivity contribution in [2.75, 3.05) is 13.1 Å². The Kier molecular flexibility index (Phi) is 4.01. The SMILES string of the molecule is O=C1C[C@H](CNC(=O)N(Cc2ccsc2)C2CC2)CN1C1CC1. The molecule has 1 saturated heterocycles. The van der Waals surface area contributed by atoms with Crippen molar-refractivity contribution in [3.8, 4) is 0 Å². The second-order valence-corrected chi connectivity index (χ2v) is 7.80. The van der Waals surface area contributed by atoms with Crippen LogP contribution >= 0.6 is 11.3 Å². The molecule has 3 aliphatic rings. The number of thiophene rings is 1. The van der Waals surface area contributed by atoms with Crippen LogP contribution in [-0.2, 0) is 11.3 Å². The smallest absolute Gasteiger partial charge is 0.317 e. The molecule has 0 spiro atoms. The van der Waals surface area contributed by atoms with Crippen LogP contribution in [-0.4, -0.2) is 46.9 Å². The summed E-state index contributed by atoms with van der Waals surface area (Å²) < 4.78 is 0. The van der Waals surface area contributed by atoms with Gasteiger partial charge in [-0.2, -0.15) is 11.3 Å². The van der Waals surface area contributed by atoms with E-state index in [1.165, 1.54) is 5.56 Å². The van der Waals surface area contributed by atoms with Crippen LogP contribution < -0.4 is 5.32 Å². The van der Waals surface area contributed by atoms with Crippen LogP contribution in [0.5, 0.6) is 0 Å². The Labute approximate surface area is 140 Å². The van der Waals surface area contributed by atoms with E-state index < -0.39 is 0 Å². The first kappa shape index (κ1) is 15.0. The first-order valence-corrected chi connectivity index (χ1v) is 9.50. The summed E-state index contributed by atoms with van der Waals surface area (Å²) in [5.74, 6) is 0.540. The fourth-order valence-corrected chi connectivity index (χ4v) is 4.01. The highest BCUT2D eigenvalue weighted by Crippen LogP contribution is 2.32. The van der Waals surface area contributed by atoms with Gasteiger partial charge in [0.1, 0.15) is 0 Å². The maximum absolute atomic E-state index is 12.5. The minimum absolute atomic E-state index is 0.0241. The number of hydrogen-bond acceptors (Lipinski definition) is 3. The average molecular weight is 333 g/mol. The Morgan fingerprint density at radius 2 is 2.17 bits per heavy atom. The van der Waals surface area contributed by atoms with E-state index in [4.69, 9.17) is 0 Å². The van der Waals surface area contributed by atoms with Gasteiger partial charge in [-0.15, -0.1) is 0 Å². The summed E-state index contributed by atoms with van der Waals surface area (Å²) in [5.41, 5.74) is 1.20. The standard InChI is InChI=1S/C17H23N3O2S/c21-16-7-13(10-19(16)14-1-2-14)8-18-17(22)20(15-3-4-15)9-12-5-6-23-11-12/h5-6,11,13-15H,1-4,7-10H2,(H,18,22)/t13-/m1/s1. The molecule has 2 saturated carbocycles. The molecule has 0 aromatic carbocycles. The number of rotatable bonds is 6. The highest BCUT2D eigenvalue weighted by Gasteiger charge is 2.39. The Morgan fingerprint density at radius 3 is 2.83 bits per heavy atom. The topological polar surface area (TPSA) is 52.7 Å². The number of amides is 3. The molecule has 2 aliphatic carbocycles. The molecule has 0 unspecified atom stereocenters. The van der Waals surface area contributed by atoms with E-state index in [2.05, 4.69) is 22.1 Å². The number of hydrogen-bond donors (Lipinski definition) is 1. The molecule has 0 bridgehead atoms. The molecule has 23 heavy (non-hydrogen) atoms. The van der Waals surface area contributed by atoms with Crippen LogP contribution in [0.15, 0.2) is 16.8 Å². The summed E-state index contributed by atoms with van der Waals surface area (Å²) in [4.78, 5) is 28.5. The molecule has 2 heterocycles. The monoisotopic (exact) mass is 333 g/mol. The van der Waals surface area contributed by atoms with E-state index in [0.29, 0.717) is 31.6 Å². The van der Waals surface area contributed by atoms with E-state index in [9.17, 15) is 9.59 Å². The van der Waals surface area contributed by atoms with Crippen LogP contribution in [0.2, 0.25) is 0 Å². The van der Waals surface area contributed by atoms with E-state index in [0.717, 1.165) is 32.2 Å². The van der Waals surface area contributed by atoms with Crippen molar-refractivity contribution in [3.63, 3.8) is 0 Å². The highest BCUT2D eigenvalue weighted by molar-refractivity contribution is 7.07. The van der Waals surface area contributed by atoms with Crippen LogP contribution in [0, 0.1) is 5.92 Å².